The number of aliphatic hydroxyl groups excluding tert-OH is 2. The van der Waals surface area contributed by atoms with Crippen LogP contribution in [0.2, 0.25) is 0 Å². The Labute approximate surface area is 92.7 Å². The number of anilines is 1. The predicted molar refractivity (Wildman–Crippen MR) is 61.5 cm³/mol. The minimum Gasteiger partial charge on any atom is -0.378 e. The summed E-state index contributed by atoms with van der Waals surface area (Å²) < 4.78 is 0. The molecule has 1 saturated heterocycles. The highest BCUT2D eigenvalue weighted by molar-refractivity contribution is 8.00. The molecule has 4 nitrogen and oxygen atoms in total. The highest BCUT2D eigenvalue weighted by Gasteiger charge is 2.27. The van der Waals surface area contributed by atoms with Crippen LogP contribution < -0.4 is 10.6 Å². The molecule has 0 aromatic heterocycles. The Morgan fingerprint density at radius 2 is 2.00 bits per heavy atom. The van der Waals surface area contributed by atoms with Crippen molar-refractivity contribution in [2.24, 2.45) is 0 Å². The molecule has 82 valence electrons. The normalized spacial score (nSPS) is 31.2. The number of nitrogens with one attached hydrogen (secondary N) is 2. The number of para-hydroxylation sites is 1. The highest BCUT2D eigenvalue weighted by atomic mass is 32.2. The van der Waals surface area contributed by atoms with Crippen molar-refractivity contribution in [2.45, 2.75) is 17.8 Å². The molecular weight excluding hydrogens is 212 g/mol. The first kappa shape index (κ1) is 10.8. The van der Waals surface area contributed by atoms with Gasteiger partial charge in [-0.25, -0.2) is 0 Å². The lowest BCUT2D eigenvalue weighted by Gasteiger charge is -2.32. The molecule has 1 heterocycles. The van der Waals surface area contributed by atoms with E-state index in [9.17, 15) is 10.2 Å². The molecule has 0 radical (unpaired) electrons. The van der Waals surface area contributed by atoms with E-state index in [0.717, 1.165) is 5.69 Å². The molecule has 0 amide bonds. The fourth-order valence-electron chi connectivity index (χ4n) is 1.44. The van der Waals surface area contributed by atoms with Gasteiger partial charge in [-0.1, -0.05) is 18.2 Å². The lowest BCUT2D eigenvalue weighted by atomic mass is 10.3. The Balaban J connectivity index is 1.95. The van der Waals surface area contributed by atoms with E-state index in [4.69, 9.17) is 0 Å². The quantitative estimate of drug-likeness (QED) is 0.588. The van der Waals surface area contributed by atoms with Gasteiger partial charge in [0.05, 0.1) is 0 Å². The van der Waals surface area contributed by atoms with Crippen LogP contribution in [-0.4, -0.2) is 33.8 Å². The zero-order chi connectivity index (χ0) is 10.7. The number of rotatable bonds is 2. The van der Waals surface area contributed by atoms with E-state index in [1.165, 1.54) is 11.8 Å². The van der Waals surface area contributed by atoms with Gasteiger partial charge in [0.25, 0.3) is 0 Å². The summed E-state index contributed by atoms with van der Waals surface area (Å²) in [5.74, 6) is 0.571. The number of hydrogen-bond acceptors (Lipinski definition) is 5. The topological polar surface area (TPSA) is 64.5 Å². The van der Waals surface area contributed by atoms with Crippen molar-refractivity contribution in [1.29, 1.82) is 0 Å². The number of benzene rings is 1. The van der Waals surface area contributed by atoms with Crippen LogP contribution in [0.3, 0.4) is 0 Å². The molecule has 5 heteroatoms. The molecule has 0 bridgehead atoms. The fourth-order valence-corrected chi connectivity index (χ4v) is 2.40. The van der Waals surface area contributed by atoms with Crippen molar-refractivity contribution in [3.8, 4) is 0 Å². The van der Waals surface area contributed by atoms with Crippen LogP contribution in [0.25, 0.3) is 0 Å². The molecule has 0 spiro atoms. The van der Waals surface area contributed by atoms with Crippen molar-refractivity contribution in [2.75, 3.05) is 11.1 Å². The van der Waals surface area contributed by atoms with Gasteiger partial charge < -0.3 is 15.5 Å². The van der Waals surface area contributed by atoms with Crippen LogP contribution in [0.4, 0.5) is 5.69 Å². The third-order valence-electron chi connectivity index (χ3n) is 2.17. The first-order valence-electron chi connectivity index (χ1n) is 4.81. The summed E-state index contributed by atoms with van der Waals surface area (Å²) in [7, 11) is 0. The maximum Gasteiger partial charge on any atom is 0.136 e. The molecule has 1 aliphatic heterocycles. The van der Waals surface area contributed by atoms with Gasteiger partial charge in [0.1, 0.15) is 17.8 Å². The molecular formula is C10H14N2O2S. The smallest absolute Gasteiger partial charge is 0.136 e. The third-order valence-corrected chi connectivity index (χ3v) is 3.41. The molecule has 1 aromatic carbocycles. The van der Waals surface area contributed by atoms with E-state index >= 15 is 0 Å². The summed E-state index contributed by atoms with van der Waals surface area (Å²) in [6, 6.07) is 9.70. The summed E-state index contributed by atoms with van der Waals surface area (Å²) >= 11 is 1.50. The monoisotopic (exact) mass is 226 g/mol. The van der Waals surface area contributed by atoms with Gasteiger partial charge in [-0.05, 0) is 12.1 Å². The summed E-state index contributed by atoms with van der Waals surface area (Å²) in [4.78, 5) is 0. The molecule has 1 fully saturated rings. The first-order chi connectivity index (χ1) is 7.25. The van der Waals surface area contributed by atoms with Crippen molar-refractivity contribution >= 4 is 17.4 Å². The van der Waals surface area contributed by atoms with Gasteiger partial charge in [-0.2, -0.15) is 0 Å². The number of hydrogen-bond donors (Lipinski definition) is 4. The summed E-state index contributed by atoms with van der Waals surface area (Å²) in [5.41, 5.74) is 0.965. The summed E-state index contributed by atoms with van der Waals surface area (Å²) in [5, 5.41) is 24.6. The first-order valence-corrected chi connectivity index (χ1v) is 5.86. The van der Waals surface area contributed by atoms with Crippen molar-refractivity contribution in [1.82, 2.24) is 5.32 Å². The average molecular weight is 226 g/mol. The van der Waals surface area contributed by atoms with E-state index < -0.39 is 12.5 Å². The van der Waals surface area contributed by atoms with E-state index in [1.807, 2.05) is 30.3 Å². The largest absolute Gasteiger partial charge is 0.378 e. The number of thioether (sulfide) groups is 1. The minimum absolute atomic E-state index is 0.129. The maximum absolute atomic E-state index is 9.65. The molecule has 4 N–H and O–H groups in total. The molecule has 3 atom stereocenters. The van der Waals surface area contributed by atoms with Crippen LogP contribution in [0.15, 0.2) is 30.3 Å². The molecule has 3 unspecified atom stereocenters. The Hall–Kier alpha value is -0.750. The maximum atomic E-state index is 9.65. The van der Waals surface area contributed by atoms with E-state index in [1.54, 1.807) is 0 Å². The molecule has 2 rings (SSSR count). The molecule has 15 heavy (non-hydrogen) atoms. The second-order valence-corrected chi connectivity index (χ2v) is 4.57. The summed E-state index contributed by atoms with van der Waals surface area (Å²) in [6.45, 7) is 0. The lowest BCUT2D eigenvalue weighted by Crippen LogP contribution is -2.52. The second-order valence-electron chi connectivity index (χ2n) is 3.39. The van der Waals surface area contributed by atoms with Gasteiger partial charge in [0.15, 0.2) is 0 Å². The molecule has 0 saturated carbocycles. The number of aliphatic hydroxyl groups is 2. The van der Waals surface area contributed by atoms with Gasteiger partial charge >= 0.3 is 0 Å². The Morgan fingerprint density at radius 1 is 1.27 bits per heavy atom. The van der Waals surface area contributed by atoms with E-state index in [2.05, 4.69) is 10.6 Å². The van der Waals surface area contributed by atoms with Crippen LogP contribution in [0.5, 0.6) is 0 Å². The van der Waals surface area contributed by atoms with E-state index in [0.29, 0.717) is 5.75 Å². The zero-order valence-corrected chi connectivity index (χ0v) is 8.95. The van der Waals surface area contributed by atoms with Crippen LogP contribution in [-0.2, 0) is 0 Å². The van der Waals surface area contributed by atoms with Crippen LogP contribution in [0.1, 0.15) is 0 Å². The van der Waals surface area contributed by atoms with Crippen LogP contribution >= 0.6 is 11.8 Å². The lowest BCUT2D eigenvalue weighted by molar-refractivity contribution is 0.0501. The van der Waals surface area contributed by atoms with Gasteiger partial charge in [-0.3, -0.25) is 5.32 Å². The summed E-state index contributed by atoms with van der Waals surface area (Å²) in [6.07, 6.45) is -1.36. The predicted octanol–water partition coefficient (Wildman–Crippen LogP) is 0.398. The van der Waals surface area contributed by atoms with Gasteiger partial charge in [-0.15, -0.1) is 11.8 Å². The van der Waals surface area contributed by atoms with Gasteiger partial charge in [0.2, 0.25) is 0 Å². The zero-order valence-electron chi connectivity index (χ0n) is 8.13. The van der Waals surface area contributed by atoms with Crippen LogP contribution in [0, 0.1) is 0 Å². The molecule has 0 aliphatic carbocycles. The highest BCUT2D eigenvalue weighted by Crippen LogP contribution is 2.21. The molecule has 1 aromatic rings. The van der Waals surface area contributed by atoms with Crippen molar-refractivity contribution < 1.29 is 10.2 Å². The van der Waals surface area contributed by atoms with Crippen molar-refractivity contribution in [3.63, 3.8) is 0 Å². The average Bonchev–Trinajstić information content (AvgIpc) is 2.24. The second kappa shape index (κ2) is 4.85. The Bertz CT molecular complexity index is 310. The third kappa shape index (κ3) is 2.85. The van der Waals surface area contributed by atoms with Gasteiger partial charge in [0, 0.05) is 11.4 Å². The van der Waals surface area contributed by atoms with E-state index in [-0.39, 0.29) is 5.37 Å². The molecule has 1 aliphatic rings. The SMILES string of the molecule is OC1CSC(Nc2ccccc2)C(O)N1. The Kier molecular flexibility index (Phi) is 3.48. The van der Waals surface area contributed by atoms with Crippen molar-refractivity contribution in [3.05, 3.63) is 30.3 Å². The Morgan fingerprint density at radius 3 is 2.67 bits per heavy atom. The standard InChI is InChI=1S/C10H14N2O2S/c13-8-6-15-10(9(14)12-8)11-7-4-2-1-3-5-7/h1-5,8-14H,6H2. The minimum atomic E-state index is -0.737. The fraction of sp³-hybridized carbons (Fsp3) is 0.400.